The molecule has 1 aromatic heterocycles. The number of hydrogen-bond donors (Lipinski definition) is 0. The van der Waals surface area contributed by atoms with Gasteiger partial charge in [0.1, 0.15) is 11.6 Å². The highest BCUT2D eigenvalue weighted by Gasteiger charge is 2.20. The van der Waals surface area contributed by atoms with Crippen molar-refractivity contribution in [3.8, 4) is 5.75 Å². The van der Waals surface area contributed by atoms with Gasteiger partial charge in [0, 0.05) is 72.7 Å². The highest BCUT2D eigenvalue weighted by atomic mass is 16.5. The van der Waals surface area contributed by atoms with E-state index in [0.29, 0.717) is 23.7 Å². The molecule has 0 saturated carbocycles. The van der Waals surface area contributed by atoms with E-state index in [1.54, 1.807) is 19.2 Å². The normalized spacial score (nSPS) is 14.1. The third-order valence-corrected chi connectivity index (χ3v) is 7.06. The number of nitrogens with zero attached hydrogens (tertiary/aromatic N) is 5. The Kier molecular flexibility index (Phi) is 9.03. The van der Waals surface area contributed by atoms with E-state index in [1.165, 1.54) is 17.7 Å². The Morgan fingerprint density at radius 3 is 2.33 bits per heavy atom. The largest absolute Gasteiger partial charge is 0.493 e. The van der Waals surface area contributed by atoms with Gasteiger partial charge in [0.15, 0.2) is 5.78 Å². The smallest absolute Gasteiger partial charge is 0.332 e. The fourth-order valence-electron chi connectivity index (χ4n) is 4.64. The number of para-hydroxylation sites is 1. The van der Waals surface area contributed by atoms with Crippen LogP contribution in [0, 0.1) is 0 Å². The standard InChI is InChI=1S/C30H37N5O4/c1-31(2)24-13-10-23(11-14-24)12-15-26(36)25-8-5-6-9-27(25)39-21-7-16-34-17-19-35(20-18-34)28-22-29(37)33(4)30(38)32(28)3/h5-6,8-15,22H,7,16-21H2,1-4H3/b15-12+. The van der Waals surface area contributed by atoms with E-state index in [9.17, 15) is 14.4 Å². The van der Waals surface area contributed by atoms with E-state index in [4.69, 9.17) is 4.74 Å². The van der Waals surface area contributed by atoms with Crippen LogP contribution < -0.4 is 25.8 Å². The van der Waals surface area contributed by atoms with E-state index >= 15 is 0 Å². The van der Waals surface area contributed by atoms with E-state index in [2.05, 4.69) is 9.80 Å². The number of piperazine rings is 1. The number of ketones is 1. The fourth-order valence-corrected chi connectivity index (χ4v) is 4.64. The van der Waals surface area contributed by atoms with Crippen LogP contribution in [0.3, 0.4) is 0 Å². The van der Waals surface area contributed by atoms with Gasteiger partial charge >= 0.3 is 5.69 Å². The summed E-state index contributed by atoms with van der Waals surface area (Å²) in [5, 5.41) is 0. The van der Waals surface area contributed by atoms with Crippen LogP contribution in [-0.4, -0.2) is 73.2 Å². The minimum Gasteiger partial charge on any atom is -0.493 e. The van der Waals surface area contributed by atoms with Gasteiger partial charge in [-0.15, -0.1) is 0 Å². The van der Waals surface area contributed by atoms with E-state index in [-0.39, 0.29) is 17.0 Å². The molecule has 9 heteroatoms. The number of anilines is 2. The van der Waals surface area contributed by atoms with Gasteiger partial charge in [0.2, 0.25) is 0 Å². The lowest BCUT2D eigenvalue weighted by atomic mass is 10.1. The maximum atomic E-state index is 12.9. The van der Waals surface area contributed by atoms with Crippen molar-refractivity contribution in [1.29, 1.82) is 0 Å². The summed E-state index contributed by atoms with van der Waals surface area (Å²) in [5.74, 6) is 1.15. The van der Waals surface area contributed by atoms with Gasteiger partial charge < -0.3 is 14.5 Å². The summed E-state index contributed by atoms with van der Waals surface area (Å²) < 4.78 is 8.66. The van der Waals surface area contributed by atoms with Crippen LogP contribution in [0.2, 0.25) is 0 Å². The summed E-state index contributed by atoms with van der Waals surface area (Å²) in [5.41, 5.74) is 2.01. The molecule has 1 aliphatic heterocycles. The van der Waals surface area contributed by atoms with Gasteiger partial charge in [-0.3, -0.25) is 23.6 Å². The van der Waals surface area contributed by atoms with Crippen LogP contribution in [0.5, 0.6) is 5.75 Å². The molecule has 2 heterocycles. The van der Waals surface area contributed by atoms with E-state index in [0.717, 1.165) is 55.0 Å². The summed E-state index contributed by atoms with van der Waals surface area (Å²) in [4.78, 5) is 43.7. The number of benzene rings is 2. The number of ether oxygens (including phenoxy) is 1. The molecular weight excluding hydrogens is 494 g/mol. The van der Waals surface area contributed by atoms with Gasteiger partial charge in [-0.2, -0.15) is 0 Å². The summed E-state index contributed by atoms with van der Waals surface area (Å²) in [7, 11) is 7.17. The molecule has 0 N–H and O–H groups in total. The summed E-state index contributed by atoms with van der Waals surface area (Å²) in [6.07, 6.45) is 4.23. The van der Waals surface area contributed by atoms with E-state index < -0.39 is 0 Å². The van der Waals surface area contributed by atoms with Crippen molar-refractivity contribution in [3.05, 3.63) is 92.6 Å². The van der Waals surface area contributed by atoms with Crippen molar-refractivity contribution in [2.75, 3.05) is 63.2 Å². The fraction of sp³-hybridized carbons (Fsp3) is 0.367. The van der Waals surface area contributed by atoms with Crippen LogP contribution in [0.15, 0.2) is 70.3 Å². The zero-order valence-electron chi connectivity index (χ0n) is 23.2. The molecule has 206 valence electrons. The second-order valence-electron chi connectivity index (χ2n) is 9.95. The minimum absolute atomic E-state index is 0.0939. The molecule has 1 saturated heterocycles. The van der Waals surface area contributed by atoms with Crippen molar-refractivity contribution >= 4 is 23.4 Å². The van der Waals surface area contributed by atoms with Crippen molar-refractivity contribution in [2.45, 2.75) is 6.42 Å². The Labute approximate surface area is 229 Å². The van der Waals surface area contributed by atoms with Crippen LogP contribution in [0.4, 0.5) is 11.5 Å². The Balaban J connectivity index is 1.26. The van der Waals surface area contributed by atoms with Crippen LogP contribution in [0.1, 0.15) is 22.3 Å². The molecule has 9 nitrogen and oxygen atoms in total. The van der Waals surface area contributed by atoms with Gasteiger partial charge in [0.05, 0.1) is 12.2 Å². The monoisotopic (exact) mass is 531 g/mol. The number of rotatable bonds is 10. The molecule has 39 heavy (non-hydrogen) atoms. The molecule has 0 unspecified atom stereocenters. The molecule has 1 aliphatic rings. The quantitative estimate of drug-likeness (QED) is 0.226. The van der Waals surface area contributed by atoms with Gasteiger partial charge in [-0.05, 0) is 42.3 Å². The molecule has 0 radical (unpaired) electrons. The maximum Gasteiger partial charge on any atom is 0.332 e. The van der Waals surface area contributed by atoms with Gasteiger partial charge in [-0.1, -0.05) is 30.3 Å². The molecule has 4 rings (SSSR count). The van der Waals surface area contributed by atoms with Crippen molar-refractivity contribution in [1.82, 2.24) is 14.0 Å². The average Bonchev–Trinajstić information content (AvgIpc) is 2.95. The lowest BCUT2D eigenvalue weighted by molar-refractivity contribution is 0.104. The van der Waals surface area contributed by atoms with Gasteiger partial charge in [0.25, 0.3) is 5.56 Å². The zero-order valence-corrected chi connectivity index (χ0v) is 23.2. The Hall–Kier alpha value is -4.11. The maximum absolute atomic E-state index is 12.9. The zero-order chi connectivity index (χ0) is 27.9. The van der Waals surface area contributed by atoms with Gasteiger partial charge in [-0.25, -0.2) is 4.79 Å². The molecular formula is C30H37N5O4. The number of allylic oxidation sites excluding steroid dienone is 1. The predicted molar refractivity (Wildman–Crippen MR) is 156 cm³/mol. The molecule has 0 bridgehead atoms. The van der Waals surface area contributed by atoms with Crippen molar-refractivity contribution < 1.29 is 9.53 Å². The summed E-state index contributed by atoms with van der Waals surface area (Å²) in [6.45, 7) is 4.51. The first kappa shape index (κ1) is 27.9. The lowest BCUT2D eigenvalue weighted by Gasteiger charge is -2.36. The first-order valence-electron chi connectivity index (χ1n) is 13.2. The Morgan fingerprint density at radius 2 is 1.64 bits per heavy atom. The second-order valence-corrected chi connectivity index (χ2v) is 9.95. The number of aromatic nitrogens is 2. The average molecular weight is 532 g/mol. The minimum atomic E-state index is -0.315. The molecule has 0 aliphatic carbocycles. The third kappa shape index (κ3) is 6.86. The number of carbonyl (C=O) groups excluding carboxylic acids is 1. The summed E-state index contributed by atoms with van der Waals surface area (Å²) >= 11 is 0. The first-order valence-corrected chi connectivity index (χ1v) is 13.2. The number of hydrogen-bond acceptors (Lipinski definition) is 7. The molecule has 0 spiro atoms. The molecule has 1 fully saturated rings. The summed E-state index contributed by atoms with van der Waals surface area (Å²) in [6, 6.07) is 16.9. The predicted octanol–water partition coefficient (Wildman–Crippen LogP) is 2.64. The molecule has 0 amide bonds. The van der Waals surface area contributed by atoms with Crippen molar-refractivity contribution in [2.24, 2.45) is 14.1 Å². The van der Waals surface area contributed by atoms with Crippen LogP contribution in [0.25, 0.3) is 6.08 Å². The Bertz CT molecular complexity index is 1430. The lowest BCUT2D eigenvalue weighted by Crippen LogP contribution is -2.49. The second kappa shape index (κ2) is 12.6. The molecule has 0 atom stereocenters. The topological polar surface area (TPSA) is 80.0 Å². The highest BCUT2D eigenvalue weighted by Crippen LogP contribution is 2.20. The third-order valence-electron chi connectivity index (χ3n) is 7.06. The van der Waals surface area contributed by atoms with Crippen molar-refractivity contribution in [3.63, 3.8) is 0 Å². The highest BCUT2D eigenvalue weighted by molar-refractivity contribution is 6.08. The molecule has 3 aromatic rings. The Morgan fingerprint density at radius 1 is 0.949 bits per heavy atom. The van der Waals surface area contributed by atoms with E-state index in [1.807, 2.05) is 67.5 Å². The van der Waals surface area contributed by atoms with Crippen LogP contribution >= 0.6 is 0 Å². The van der Waals surface area contributed by atoms with Crippen LogP contribution in [-0.2, 0) is 14.1 Å². The SMILES string of the molecule is CN(C)c1ccc(/C=C/C(=O)c2ccccc2OCCCN2CCN(c3cc(=O)n(C)c(=O)n3C)CC2)cc1. The molecule has 2 aromatic carbocycles. The number of carbonyl (C=O) groups is 1. The first-order chi connectivity index (χ1) is 18.7.